The van der Waals surface area contributed by atoms with E-state index in [2.05, 4.69) is 21.3 Å². The van der Waals surface area contributed by atoms with E-state index < -0.39 is 0 Å². The van der Waals surface area contributed by atoms with Gasteiger partial charge in [-0.1, -0.05) is 18.2 Å². The van der Waals surface area contributed by atoms with Crippen molar-refractivity contribution in [3.05, 3.63) is 71.6 Å². The fourth-order valence-electron chi connectivity index (χ4n) is 3.04. The molecule has 0 saturated carbocycles. The van der Waals surface area contributed by atoms with Crippen LogP contribution in [0.3, 0.4) is 0 Å². The smallest absolute Gasteiger partial charge is 0.251 e. The zero-order valence-electron chi connectivity index (χ0n) is 15.5. The van der Waals surface area contributed by atoms with Crippen molar-refractivity contribution in [2.45, 2.75) is 6.54 Å². The van der Waals surface area contributed by atoms with Crippen LogP contribution in [0, 0.1) is 0 Å². The summed E-state index contributed by atoms with van der Waals surface area (Å²) >= 11 is 0. The number of piperazine rings is 1. The van der Waals surface area contributed by atoms with Gasteiger partial charge in [0.25, 0.3) is 5.91 Å². The topological polar surface area (TPSA) is 65.5 Å². The molecule has 1 aromatic heterocycles. The van der Waals surface area contributed by atoms with E-state index in [1.165, 1.54) is 5.56 Å². The predicted molar refractivity (Wildman–Crippen MR) is 105 cm³/mol. The number of pyridine rings is 1. The van der Waals surface area contributed by atoms with Crippen molar-refractivity contribution < 1.29 is 9.59 Å². The highest BCUT2D eigenvalue weighted by molar-refractivity contribution is 5.94. The first-order valence-electron chi connectivity index (χ1n) is 9.06. The monoisotopic (exact) mass is 364 g/mol. The van der Waals surface area contributed by atoms with Crippen LogP contribution in [0.2, 0.25) is 0 Å². The third kappa shape index (κ3) is 5.24. The van der Waals surface area contributed by atoms with Crippen LogP contribution in [0.15, 0.2) is 54.9 Å². The summed E-state index contributed by atoms with van der Waals surface area (Å²) in [5.74, 6) is -0.0998. The molecule has 1 aliphatic heterocycles. The molecule has 140 valence electrons. The number of benzene rings is 1. The summed E-state index contributed by atoms with van der Waals surface area (Å²) in [6.45, 7) is 4.02. The van der Waals surface area contributed by atoms with Crippen LogP contribution in [-0.2, 0) is 11.3 Å². The van der Waals surface area contributed by atoms with Crippen molar-refractivity contribution in [3.8, 4) is 0 Å². The predicted octanol–water partition coefficient (Wildman–Crippen LogP) is 1.80. The molecule has 0 aliphatic carbocycles. The van der Waals surface area contributed by atoms with Crippen molar-refractivity contribution in [1.29, 1.82) is 0 Å². The molecule has 1 saturated heterocycles. The van der Waals surface area contributed by atoms with Gasteiger partial charge in [0.05, 0.1) is 0 Å². The number of carbonyl (C=O) groups excluding carboxylic acids is 2. The molecule has 1 N–H and O–H groups in total. The van der Waals surface area contributed by atoms with Crippen molar-refractivity contribution >= 4 is 17.9 Å². The van der Waals surface area contributed by atoms with Crippen LogP contribution in [-0.4, -0.2) is 59.8 Å². The van der Waals surface area contributed by atoms with Crippen molar-refractivity contribution in [1.82, 2.24) is 20.1 Å². The van der Waals surface area contributed by atoms with Gasteiger partial charge < -0.3 is 10.2 Å². The molecule has 1 aromatic carbocycles. The Hall–Kier alpha value is -2.99. The Bertz CT molecular complexity index is 795. The Morgan fingerprint density at radius 3 is 2.48 bits per heavy atom. The third-order valence-electron chi connectivity index (χ3n) is 4.63. The molecule has 0 radical (unpaired) electrons. The lowest BCUT2D eigenvalue weighted by Crippen LogP contribution is -2.47. The summed E-state index contributed by atoms with van der Waals surface area (Å²) in [6.07, 6.45) is 7.05. The molecule has 27 heavy (non-hydrogen) atoms. The maximum absolute atomic E-state index is 12.4. The molecule has 1 fully saturated rings. The number of hydrogen-bond donors (Lipinski definition) is 1. The molecule has 2 heterocycles. The zero-order chi connectivity index (χ0) is 19.1. The molecule has 2 aromatic rings. The quantitative estimate of drug-likeness (QED) is 0.822. The van der Waals surface area contributed by atoms with Gasteiger partial charge in [0.1, 0.15) is 0 Å². The first-order valence-corrected chi connectivity index (χ1v) is 9.06. The number of carbonyl (C=O) groups is 2. The first-order chi connectivity index (χ1) is 13.2. The van der Waals surface area contributed by atoms with Gasteiger partial charge in [-0.25, -0.2) is 0 Å². The van der Waals surface area contributed by atoms with Gasteiger partial charge in [0, 0.05) is 63.8 Å². The fraction of sp³-hybridized carbons (Fsp3) is 0.286. The maximum atomic E-state index is 12.4. The summed E-state index contributed by atoms with van der Waals surface area (Å²) in [4.78, 5) is 32.3. The van der Waals surface area contributed by atoms with Gasteiger partial charge in [-0.15, -0.1) is 0 Å². The van der Waals surface area contributed by atoms with E-state index in [4.69, 9.17) is 0 Å². The summed E-state index contributed by atoms with van der Waals surface area (Å²) in [5, 5.41) is 2.59. The number of hydrogen-bond acceptors (Lipinski definition) is 4. The highest BCUT2D eigenvalue weighted by Crippen LogP contribution is 2.10. The Morgan fingerprint density at radius 1 is 1.11 bits per heavy atom. The van der Waals surface area contributed by atoms with E-state index in [1.807, 2.05) is 29.3 Å². The molecular formula is C21H24N4O2. The molecule has 0 unspecified atom stereocenters. The van der Waals surface area contributed by atoms with Gasteiger partial charge in [0.2, 0.25) is 5.91 Å². The van der Waals surface area contributed by atoms with Crippen LogP contribution in [0.5, 0.6) is 0 Å². The lowest BCUT2D eigenvalue weighted by atomic mass is 10.1. The number of nitrogens with one attached hydrogen (secondary N) is 1. The molecule has 0 spiro atoms. The summed E-state index contributed by atoms with van der Waals surface area (Å²) in [5.41, 5.74) is 2.69. The molecule has 0 atom stereocenters. The summed E-state index contributed by atoms with van der Waals surface area (Å²) < 4.78 is 0. The van der Waals surface area contributed by atoms with Crippen molar-refractivity contribution in [2.75, 3.05) is 33.2 Å². The average Bonchev–Trinajstić information content (AvgIpc) is 2.73. The number of aromatic nitrogens is 1. The van der Waals surface area contributed by atoms with E-state index in [-0.39, 0.29) is 11.8 Å². The zero-order valence-corrected chi connectivity index (χ0v) is 15.5. The standard InChI is InChI=1S/C21H24N4O2/c1-22-21(27)19-7-4-17(5-8-19)6-9-20(26)25-13-11-24(12-14-25)16-18-3-2-10-23-15-18/h2-10,15H,11-14,16H2,1H3,(H,22,27)/b9-6+. The fourth-order valence-corrected chi connectivity index (χ4v) is 3.04. The van der Waals surface area contributed by atoms with E-state index >= 15 is 0 Å². The second kappa shape index (κ2) is 9.09. The Morgan fingerprint density at radius 2 is 1.85 bits per heavy atom. The van der Waals surface area contributed by atoms with Gasteiger partial charge in [-0.2, -0.15) is 0 Å². The lowest BCUT2D eigenvalue weighted by Gasteiger charge is -2.34. The van der Waals surface area contributed by atoms with E-state index in [0.29, 0.717) is 5.56 Å². The SMILES string of the molecule is CNC(=O)c1ccc(/C=C/C(=O)N2CCN(Cc3cccnc3)CC2)cc1. The first kappa shape index (κ1) is 18.8. The summed E-state index contributed by atoms with van der Waals surface area (Å²) in [6, 6.07) is 11.2. The van der Waals surface area contributed by atoms with Crippen LogP contribution < -0.4 is 5.32 Å². The normalized spacial score (nSPS) is 15.1. The number of amides is 2. The Kier molecular flexibility index (Phi) is 6.33. The second-order valence-electron chi connectivity index (χ2n) is 6.50. The highest BCUT2D eigenvalue weighted by Gasteiger charge is 2.19. The molecular weight excluding hydrogens is 340 g/mol. The molecule has 2 amide bonds. The average molecular weight is 364 g/mol. The van der Waals surface area contributed by atoms with E-state index in [9.17, 15) is 9.59 Å². The van der Waals surface area contributed by atoms with E-state index in [1.54, 1.807) is 37.5 Å². The minimum Gasteiger partial charge on any atom is -0.355 e. The highest BCUT2D eigenvalue weighted by atomic mass is 16.2. The molecule has 6 heteroatoms. The van der Waals surface area contributed by atoms with E-state index in [0.717, 1.165) is 38.3 Å². The van der Waals surface area contributed by atoms with Gasteiger partial charge in [-0.3, -0.25) is 19.5 Å². The van der Waals surface area contributed by atoms with Crippen molar-refractivity contribution in [3.63, 3.8) is 0 Å². The Balaban J connectivity index is 1.49. The van der Waals surface area contributed by atoms with Crippen LogP contribution in [0.25, 0.3) is 6.08 Å². The van der Waals surface area contributed by atoms with Crippen molar-refractivity contribution in [2.24, 2.45) is 0 Å². The molecule has 6 nitrogen and oxygen atoms in total. The number of nitrogens with zero attached hydrogens (tertiary/aromatic N) is 3. The second-order valence-corrected chi connectivity index (χ2v) is 6.50. The molecule has 1 aliphatic rings. The van der Waals surface area contributed by atoms with Gasteiger partial charge in [0.15, 0.2) is 0 Å². The van der Waals surface area contributed by atoms with Crippen LogP contribution >= 0.6 is 0 Å². The van der Waals surface area contributed by atoms with Crippen LogP contribution in [0.4, 0.5) is 0 Å². The molecule has 3 rings (SSSR count). The minimum atomic E-state index is -0.120. The van der Waals surface area contributed by atoms with Crippen LogP contribution in [0.1, 0.15) is 21.5 Å². The minimum absolute atomic E-state index is 0.0198. The maximum Gasteiger partial charge on any atom is 0.251 e. The third-order valence-corrected chi connectivity index (χ3v) is 4.63. The molecule has 0 bridgehead atoms. The lowest BCUT2D eigenvalue weighted by molar-refractivity contribution is -0.127. The van der Waals surface area contributed by atoms with Gasteiger partial charge in [-0.05, 0) is 35.4 Å². The number of rotatable bonds is 5. The van der Waals surface area contributed by atoms with Gasteiger partial charge >= 0.3 is 0 Å². The Labute approximate surface area is 159 Å². The largest absolute Gasteiger partial charge is 0.355 e. The summed E-state index contributed by atoms with van der Waals surface area (Å²) in [7, 11) is 1.60.